The molecule has 1 aliphatic heterocycles. The summed E-state index contributed by atoms with van der Waals surface area (Å²) in [6.45, 7) is 3.14. The van der Waals surface area contributed by atoms with E-state index in [1.165, 1.54) is 38.5 Å². The summed E-state index contributed by atoms with van der Waals surface area (Å²) in [4.78, 5) is 14.8. The molecule has 2 aliphatic carbocycles. The van der Waals surface area contributed by atoms with Crippen molar-refractivity contribution >= 4 is 5.91 Å². The molecule has 1 saturated heterocycles. The molecule has 0 radical (unpaired) electrons. The van der Waals surface area contributed by atoms with Crippen molar-refractivity contribution in [2.45, 2.75) is 57.4 Å². The number of nitrogens with one attached hydrogen (secondary N) is 1. The first kappa shape index (κ1) is 12.5. The van der Waals surface area contributed by atoms with E-state index in [2.05, 4.69) is 10.2 Å². The van der Waals surface area contributed by atoms with E-state index < -0.39 is 0 Å². The molecule has 0 aromatic carbocycles. The average molecular weight is 250 g/mol. The summed E-state index contributed by atoms with van der Waals surface area (Å²) in [6.07, 6.45) is 10.00. The van der Waals surface area contributed by atoms with Gasteiger partial charge in [0.1, 0.15) is 0 Å². The largest absolute Gasteiger partial charge is 0.341 e. The molecule has 3 aliphatic rings. The second-order valence-corrected chi connectivity index (χ2v) is 6.46. The van der Waals surface area contributed by atoms with Crippen LogP contribution < -0.4 is 5.32 Å². The van der Waals surface area contributed by atoms with Crippen LogP contribution in [0.3, 0.4) is 0 Å². The molecule has 18 heavy (non-hydrogen) atoms. The Balaban J connectivity index is 1.57. The third-order valence-electron chi connectivity index (χ3n) is 4.79. The zero-order chi connectivity index (χ0) is 12.4. The van der Waals surface area contributed by atoms with Crippen LogP contribution in [0.15, 0.2) is 0 Å². The number of nitrogens with zero attached hydrogens (tertiary/aromatic N) is 1. The van der Waals surface area contributed by atoms with E-state index in [4.69, 9.17) is 0 Å². The summed E-state index contributed by atoms with van der Waals surface area (Å²) >= 11 is 0. The lowest BCUT2D eigenvalue weighted by Gasteiger charge is -2.28. The molecular weight excluding hydrogens is 224 g/mol. The zero-order valence-electron chi connectivity index (χ0n) is 11.4. The molecule has 0 bridgehead atoms. The van der Waals surface area contributed by atoms with E-state index in [-0.39, 0.29) is 0 Å². The number of carbonyl (C=O) groups excluding carboxylic acids is 1. The van der Waals surface area contributed by atoms with Crippen LogP contribution in [0.5, 0.6) is 0 Å². The number of hydrogen-bond acceptors (Lipinski definition) is 2. The van der Waals surface area contributed by atoms with Gasteiger partial charge in [0.05, 0.1) is 0 Å². The average Bonchev–Trinajstić information content (AvgIpc) is 2.88. The van der Waals surface area contributed by atoms with Crippen LogP contribution in [0.2, 0.25) is 0 Å². The van der Waals surface area contributed by atoms with Crippen molar-refractivity contribution in [1.29, 1.82) is 0 Å². The Morgan fingerprint density at radius 2 is 1.78 bits per heavy atom. The predicted molar refractivity (Wildman–Crippen MR) is 72.3 cm³/mol. The summed E-state index contributed by atoms with van der Waals surface area (Å²) in [5.74, 6) is 1.63. The predicted octanol–water partition coefficient (Wildman–Crippen LogP) is 2.17. The fraction of sp³-hybridized carbons (Fsp3) is 0.933. The van der Waals surface area contributed by atoms with Crippen LogP contribution in [0.25, 0.3) is 0 Å². The van der Waals surface area contributed by atoms with Gasteiger partial charge in [-0.05, 0) is 51.0 Å². The molecule has 3 heteroatoms. The van der Waals surface area contributed by atoms with Gasteiger partial charge in [-0.1, -0.05) is 12.8 Å². The maximum Gasteiger partial charge on any atom is 0.225 e. The van der Waals surface area contributed by atoms with Crippen molar-refractivity contribution in [3.63, 3.8) is 0 Å². The maximum absolute atomic E-state index is 12.6. The minimum atomic E-state index is 0.352. The Morgan fingerprint density at radius 1 is 1.00 bits per heavy atom. The molecule has 0 spiro atoms. The SMILES string of the molecule is O=C(C1CCCC1)N(CC1CC1)CC1CCCN1. The first-order chi connectivity index (χ1) is 8.83. The van der Waals surface area contributed by atoms with E-state index in [1.54, 1.807) is 0 Å². The maximum atomic E-state index is 12.6. The monoisotopic (exact) mass is 250 g/mol. The highest BCUT2D eigenvalue weighted by atomic mass is 16.2. The molecule has 1 amide bonds. The van der Waals surface area contributed by atoms with Crippen LogP contribution in [0.4, 0.5) is 0 Å². The minimum Gasteiger partial charge on any atom is -0.341 e. The Labute approximate surface area is 110 Å². The van der Waals surface area contributed by atoms with E-state index in [1.807, 2.05) is 0 Å². The molecule has 3 fully saturated rings. The first-order valence-electron chi connectivity index (χ1n) is 7.85. The normalized spacial score (nSPS) is 28.8. The Kier molecular flexibility index (Phi) is 3.88. The van der Waals surface area contributed by atoms with Gasteiger partial charge in [-0.2, -0.15) is 0 Å². The summed E-state index contributed by atoms with van der Waals surface area (Å²) in [5, 5.41) is 3.53. The van der Waals surface area contributed by atoms with Gasteiger partial charge in [-0.3, -0.25) is 4.79 Å². The molecule has 2 saturated carbocycles. The summed E-state index contributed by atoms with van der Waals surface area (Å²) in [6, 6.07) is 0.564. The standard InChI is InChI=1S/C15H26N2O/c18-15(13-4-1-2-5-13)17(10-12-7-8-12)11-14-6-3-9-16-14/h12-14,16H,1-11H2. The van der Waals surface area contributed by atoms with Gasteiger partial charge >= 0.3 is 0 Å². The lowest BCUT2D eigenvalue weighted by Crippen LogP contribution is -2.44. The molecule has 1 N–H and O–H groups in total. The zero-order valence-corrected chi connectivity index (χ0v) is 11.4. The molecule has 3 rings (SSSR count). The molecular formula is C15H26N2O. The molecule has 0 aromatic heterocycles. The van der Waals surface area contributed by atoms with E-state index in [0.717, 1.165) is 38.4 Å². The fourth-order valence-corrected chi connectivity index (χ4v) is 3.48. The number of rotatable bonds is 5. The van der Waals surface area contributed by atoms with Crippen molar-refractivity contribution in [3.05, 3.63) is 0 Å². The smallest absolute Gasteiger partial charge is 0.225 e. The summed E-state index contributed by atoms with van der Waals surface area (Å²) in [5.41, 5.74) is 0. The highest BCUT2D eigenvalue weighted by Crippen LogP contribution is 2.32. The fourth-order valence-electron chi connectivity index (χ4n) is 3.48. The highest BCUT2D eigenvalue weighted by Gasteiger charge is 2.33. The quantitative estimate of drug-likeness (QED) is 0.811. The van der Waals surface area contributed by atoms with Gasteiger partial charge in [0.15, 0.2) is 0 Å². The Bertz CT molecular complexity index is 289. The molecule has 1 heterocycles. The summed E-state index contributed by atoms with van der Waals surface area (Å²) < 4.78 is 0. The van der Waals surface area contributed by atoms with E-state index in [0.29, 0.717) is 17.9 Å². The van der Waals surface area contributed by atoms with Crippen LogP contribution in [0.1, 0.15) is 51.4 Å². The van der Waals surface area contributed by atoms with E-state index in [9.17, 15) is 4.79 Å². The Hall–Kier alpha value is -0.570. The first-order valence-corrected chi connectivity index (χ1v) is 7.85. The van der Waals surface area contributed by atoms with Crippen LogP contribution in [-0.2, 0) is 4.79 Å². The Morgan fingerprint density at radius 3 is 2.39 bits per heavy atom. The number of carbonyl (C=O) groups is 1. The van der Waals surface area contributed by atoms with Crippen molar-refractivity contribution in [2.24, 2.45) is 11.8 Å². The van der Waals surface area contributed by atoms with Gasteiger partial charge in [0.25, 0.3) is 0 Å². The van der Waals surface area contributed by atoms with Gasteiger partial charge in [0.2, 0.25) is 5.91 Å². The minimum absolute atomic E-state index is 0.352. The van der Waals surface area contributed by atoms with Crippen molar-refractivity contribution in [2.75, 3.05) is 19.6 Å². The van der Waals surface area contributed by atoms with Crippen LogP contribution >= 0.6 is 0 Å². The van der Waals surface area contributed by atoms with Crippen molar-refractivity contribution in [3.8, 4) is 0 Å². The molecule has 1 atom stereocenters. The van der Waals surface area contributed by atoms with Crippen molar-refractivity contribution < 1.29 is 4.79 Å². The lowest BCUT2D eigenvalue weighted by atomic mass is 10.1. The molecule has 3 nitrogen and oxygen atoms in total. The third-order valence-corrected chi connectivity index (χ3v) is 4.79. The van der Waals surface area contributed by atoms with Crippen LogP contribution in [-0.4, -0.2) is 36.5 Å². The second-order valence-electron chi connectivity index (χ2n) is 6.46. The van der Waals surface area contributed by atoms with E-state index >= 15 is 0 Å². The number of hydrogen-bond donors (Lipinski definition) is 1. The van der Waals surface area contributed by atoms with Gasteiger partial charge in [-0.25, -0.2) is 0 Å². The lowest BCUT2D eigenvalue weighted by molar-refractivity contribution is -0.136. The molecule has 1 unspecified atom stereocenters. The highest BCUT2D eigenvalue weighted by molar-refractivity contribution is 5.79. The second kappa shape index (κ2) is 5.60. The molecule has 0 aromatic rings. The molecule has 102 valence electrons. The number of amides is 1. The van der Waals surface area contributed by atoms with Gasteiger partial charge in [0, 0.05) is 25.0 Å². The third kappa shape index (κ3) is 3.05. The summed E-state index contributed by atoms with van der Waals surface area (Å²) in [7, 11) is 0. The van der Waals surface area contributed by atoms with Crippen LogP contribution in [0, 0.1) is 11.8 Å². The topological polar surface area (TPSA) is 32.3 Å². The van der Waals surface area contributed by atoms with Crippen molar-refractivity contribution in [1.82, 2.24) is 10.2 Å². The van der Waals surface area contributed by atoms with Gasteiger partial charge < -0.3 is 10.2 Å². The van der Waals surface area contributed by atoms with Gasteiger partial charge in [-0.15, -0.1) is 0 Å².